The Balaban J connectivity index is 1.65. The second-order valence-electron chi connectivity index (χ2n) is 5.88. The van der Waals surface area contributed by atoms with E-state index in [4.69, 9.17) is 5.11 Å². The average molecular weight is 265 g/mol. The van der Waals surface area contributed by atoms with Crippen molar-refractivity contribution in [1.82, 2.24) is 5.32 Å². The molecule has 1 aromatic carbocycles. The second kappa shape index (κ2) is 6.90. The molecule has 106 valence electrons. The van der Waals surface area contributed by atoms with E-state index in [0.29, 0.717) is 6.54 Å². The Morgan fingerprint density at radius 1 is 1.26 bits per heavy atom. The van der Waals surface area contributed by atoms with Crippen LogP contribution in [-0.4, -0.2) is 11.7 Å². The Morgan fingerprint density at radius 3 is 2.68 bits per heavy atom. The highest BCUT2D eigenvalue weighted by Gasteiger charge is 2.17. The van der Waals surface area contributed by atoms with Crippen LogP contribution in [0.15, 0.2) is 18.2 Å². The number of halogens is 1. The monoisotopic (exact) mass is 265 g/mol. The SMILES string of the molecule is CC1CCC(CCNCc2ccc(O)c(F)c2)CC1. The van der Waals surface area contributed by atoms with Crippen LogP contribution in [-0.2, 0) is 6.54 Å². The Morgan fingerprint density at radius 2 is 2.00 bits per heavy atom. The van der Waals surface area contributed by atoms with Gasteiger partial charge in [-0.2, -0.15) is 0 Å². The fourth-order valence-corrected chi connectivity index (χ4v) is 2.82. The topological polar surface area (TPSA) is 32.3 Å². The van der Waals surface area contributed by atoms with Gasteiger partial charge in [0.25, 0.3) is 0 Å². The van der Waals surface area contributed by atoms with Crippen molar-refractivity contribution in [3.8, 4) is 5.75 Å². The van der Waals surface area contributed by atoms with E-state index in [9.17, 15) is 4.39 Å². The lowest BCUT2D eigenvalue weighted by atomic mass is 9.81. The molecular formula is C16H24FNO. The van der Waals surface area contributed by atoms with Gasteiger partial charge in [0, 0.05) is 6.54 Å². The summed E-state index contributed by atoms with van der Waals surface area (Å²) < 4.78 is 13.1. The van der Waals surface area contributed by atoms with Gasteiger partial charge in [-0.15, -0.1) is 0 Å². The summed E-state index contributed by atoms with van der Waals surface area (Å²) in [5.41, 5.74) is 0.882. The van der Waals surface area contributed by atoms with Crippen molar-refractivity contribution >= 4 is 0 Å². The third-order valence-electron chi connectivity index (χ3n) is 4.21. The molecular weight excluding hydrogens is 241 g/mol. The molecule has 2 nitrogen and oxygen atoms in total. The molecule has 1 saturated carbocycles. The Bertz CT molecular complexity index is 400. The molecule has 0 aliphatic heterocycles. The van der Waals surface area contributed by atoms with Gasteiger partial charge in [-0.1, -0.05) is 38.7 Å². The summed E-state index contributed by atoms with van der Waals surface area (Å²) in [5, 5.41) is 12.5. The molecule has 1 aliphatic rings. The largest absolute Gasteiger partial charge is 0.505 e. The van der Waals surface area contributed by atoms with E-state index in [1.54, 1.807) is 6.07 Å². The summed E-state index contributed by atoms with van der Waals surface area (Å²) in [5.74, 6) is 0.949. The minimum absolute atomic E-state index is 0.278. The molecule has 0 bridgehead atoms. The fraction of sp³-hybridized carbons (Fsp3) is 0.625. The summed E-state index contributed by atoms with van der Waals surface area (Å²) in [6, 6.07) is 4.56. The number of rotatable bonds is 5. The molecule has 2 N–H and O–H groups in total. The van der Waals surface area contributed by atoms with Crippen molar-refractivity contribution in [2.24, 2.45) is 11.8 Å². The minimum Gasteiger partial charge on any atom is -0.505 e. The van der Waals surface area contributed by atoms with Gasteiger partial charge in [0.05, 0.1) is 0 Å². The van der Waals surface area contributed by atoms with Crippen LogP contribution in [0.3, 0.4) is 0 Å². The molecule has 0 radical (unpaired) electrons. The van der Waals surface area contributed by atoms with Crippen molar-refractivity contribution in [2.45, 2.75) is 45.6 Å². The van der Waals surface area contributed by atoms with Crippen LogP contribution in [0, 0.1) is 17.7 Å². The van der Waals surface area contributed by atoms with E-state index >= 15 is 0 Å². The molecule has 0 atom stereocenters. The number of hydrogen-bond acceptors (Lipinski definition) is 2. The predicted molar refractivity (Wildman–Crippen MR) is 75.5 cm³/mol. The first-order valence-electron chi connectivity index (χ1n) is 7.33. The molecule has 3 heteroatoms. The highest BCUT2D eigenvalue weighted by molar-refractivity contribution is 5.27. The van der Waals surface area contributed by atoms with Crippen LogP contribution in [0.25, 0.3) is 0 Å². The van der Waals surface area contributed by atoms with Crippen molar-refractivity contribution < 1.29 is 9.50 Å². The first-order valence-corrected chi connectivity index (χ1v) is 7.33. The first-order chi connectivity index (χ1) is 9.15. The number of nitrogens with one attached hydrogen (secondary N) is 1. The molecule has 0 spiro atoms. The van der Waals surface area contributed by atoms with Gasteiger partial charge in [0.2, 0.25) is 0 Å². The number of phenolic OH excluding ortho intramolecular Hbond substituents is 1. The summed E-state index contributed by atoms with van der Waals surface area (Å²) >= 11 is 0. The third-order valence-corrected chi connectivity index (χ3v) is 4.21. The molecule has 0 amide bonds. The Kier molecular flexibility index (Phi) is 5.20. The number of aromatic hydroxyl groups is 1. The highest BCUT2D eigenvalue weighted by atomic mass is 19.1. The zero-order chi connectivity index (χ0) is 13.7. The van der Waals surface area contributed by atoms with Crippen LogP contribution in [0.1, 0.15) is 44.6 Å². The van der Waals surface area contributed by atoms with Gasteiger partial charge in [0.1, 0.15) is 0 Å². The standard InChI is InChI=1S/C16H24FNO/c1-12-2-4-13(5-3-12)8-9-18-11-14-6-7-16(19)15(17)10-14/h6-7,10,12-13,18-19H,2-5,8-9,11H2,1H3. The van der Waals surface area contributed by atoms with E-state index in [-0.39, 0.29) is 5.75 Å². The summed E-state index contributed by atoms with van der Waals surface area (Å²) in [6.07, 6.45) is 6.67. The third kappa shape index (κ3) is 4.50. The van der Waals surface area contributed by atoms with E-state index in [1.165, 1.54) is 44.2 Å². The number of benzene rings is 1. The normalized spacial score (nSPS) is 23.5. The molecule has 0 saturated heterocycles. The maximum Gasteiger partial charge on any atom is 0.165 e. The lowest BCUT2D eigenvalue weighted by Crippen LogP contribution is -2.20. The van der Waals surface area contributed by atoms with E-state index < -0.39 is 5.82 Å². The molecule has 1 aromatic rings. The van der Waals surface area contributed by atoms with Gasteiger partial charge in [-0.05, 0) is 42.5 Å². The first kappa shape index (κ1) is 14.3. The second-order valence-corrected chi connectivity index (χ2v) is 5.88. The molecule has 2 rings (SSSR count). The van der Waals surface area contributed by atoms with Crippen LogP contribution < -0.4 is 5.32 Å². The molecule has 1 fully saturated rings. The Hall–Kier alpha value is -1.09. The molecule has 1 aliphatic carbocycles. The minimum atomic E-state index is -0.541. The maximum atomic E-state index is 13.1. The van der Waals surface area contributed by atoms with Crippen molar-refractivity contribution in [1.29, 1.82) is 0 Å². The van der Waals surface area contributed by atoms with Gasteiger partial charge in [-0.3, -0.25) is 0 Å². The van der Waals surface area contributed by atoms with Crippen LogP contribution in [0.2, 0.25) is 0 Å². The quantitative estimate of drug-likeness (QED) is 0.793. The van der Waals surface area contributed by atoms with Gasteiger partial charge in [-0.25, -0.2) is 4.39 Å². The summed E-state index contributed by atoms with van der Waals surface area (Å²) in [7, 11) is 0. The van der Waals surface area contributed by atoms with Crippen molar-refractivity contribution in [3.63, 3.8) is 0 Å². The van der Waals surface area contributed by atoms with Crippen LogP contribution >= 0.6 is 0 Å². The predicted octanol–water partition coefficient (Wildman–Crippen LogP) is 3.84. The smallest absolute Gasteiger partial charge is 0.165 e. The van der Waals surface area contributed by atoms with E-state index in [2.05, 4.69) is 12.2 Å². The Labute approximate surface area is 115 Å². The van der Waals surface area contributed by atoms with Gasteiger partial charge < -0.3 is 10.4 Å². The molecule has 0 heterocycles. The average Bonchev–Trinajstić information content (AvgIpc) is 2.41. The molecule has 19 heavy (non-hydrogen) atoms. The van der Waals surface area contributed by atoms with Gasteiger partial charge >= 0.3 is 0 Å². The fourth-order valence-electron chi connectivity index (χ4n) is 2.82. The van der Waals surface area contributed by atoms with Crippen LogP contribution in [0.4, 0.5) is 4.39 Å². The summed E-state index contributed by atoms with van der Waals surface area (Å²) in [6.45, 7) is 4.00. The van der Waals surface area contributed by atoms with E-state index in [0.717, 1.165) is 23.9 Å². The zero-order valence-electron chi connectivity index (χ0n) is 11.7. The van der Waals surface area contributed by atoms with Crippen molar-refractivity contribution in [2.75, 3.05) is 6.54 Å². The zero-order valence-corrected chi connectivity index (χ0v) is 11.7. The molecule has 0 aromatic heterocycles. The van der Waals surface area contributed by atoms with E-state index in [1.807, 2.05) is 0 Å². The van der Waals surface area contributed by atoms with Gasteiger partial charge in [0.15, 0.2) is 11.6 Å². The maximum absolute atomic E-state index is 13.1. The lowest BCUT2D eigenvalue weighted by molar-refractivity contribution is 0.275. The molecule has 0 unspecified atom stereocenters. The summed E-state index contributed by atoms with van der Waals surface area (Å²) in [4.78, 5) is 0. The highest BCUT2D eigenvalue weighted by Crippen LogP contribution is 2.29. The van der Waals surface area contributed by atoms with Crippen LogP contribution in [0.5, 0.6) is 5.75 Å². The van der Waals surface area contributed by atoms with Crippen molar-refractivity contribution in [3.05, 3.63) is 29.6 Å². The lowest BCUT2D eigenvalue weighted by Gasteiger charge is -2.26. The number of hydrogen-bond donors (Lipinski definition) is 2. The number of phenols is 1.